The number of ether oxygens (including phenoxy) is 2. The molecule has 37 heavy (non-hydrogen) atoms. The molecule has 3 heterocycles. The topological polar surface area (TPSA) is 75.2 Å². The molecule has 1 saturated heterocycles. The quantitative estimate of drug-likeness (QED) is 0.530. The number of hydrogen-bond donors (Lipinski definition) is 0. The first-order valence-electron chi connectivity index (χ1n) is 12.2. The van der Waals surface area contributed by atoms with Crippen LogP contribution in [-0.4, -0.2) is 74.0 Å². The van der Waals surface area contributed by atoms with Crippen LogP contribution in [0.15, 0.2) is 60.9 Å². The largest absolute Gasteiger partial charge is 0.493 e. The summed E-state index contributed by atoms with van der Waals surface area (Å²) in [6.07, 6.45) is 3.35. The molecule has 2 aliphatic rings. The Balaban J connectivity index is 1.52. The van der Waals surface area contributed by atoms with Crippen LogP contribution in [0.5, 0.6) is 11.5 Å². The average Bonchev–Trinajstić information content (AvgIpc) is 2.94. The first-order valence-corrected chi connectivity index (χ1v) is 12.2. The summed E-state index contributed by atoms with van der Waals surface area (Å²) in [5, 5.41) is 0. The molecule has 0 N–H and O–H groups in total. The smallest absolute Gasteiger partial charge is 0.254 e. The number of fused-ring (bicyclic) bond motifs is 1. The van der Waals surface area contributed by atoms with E-state index in [9.17, 15) is 14.0 Å². The van der Waals surface area contributed by atoms with Crippen LogP contribution in [0.3, 0.4) is 0 Å². The summed E-state index contributed by atoms with van der Waals surface area (Å²) in [5.41, 5.74) is 2.30. The van der Waals surface area contributed by atoms with Gasteiger partial charge in [-0.2, -0.15) is 0 Å². The zero-order chi connectivity index (χ0) is 26.1. The van der Waals surface area contributed by atoms with E-state index in [0.29, 0.717) is 54.5 Å². The molecule has 2 aliphatic heterocycles. The number of nitrogens with zero attached hydrogens (tertiary/aromatic N) is 4. The Morgan fingerprint density at radius 2 is 1.70 bits per heavy atom. The van der Waals surface area contributed by atoms with Gasteiger partial charge in [0.05, 0.1) is 31.9 Å². The van der Waals surface area contributed by atoms with Crippen molar-refractivity contribution < 1.29 is 23.5 Å². The molecule has 8 nitrogen and oxygen atoms in total. The van der Waals surface area contributed by atoms with Gasteiger partial charge >= 0.3 is 0 Å². The average molecular weight is 505 g/mol. The SMILES string of the molecule is COc1cc2c(cc1OC)[C@@H](C(=O)N1CCN(c3ccccc3F)CC1)[C@H](c1cccnc1)N(C)C2=O. The van der Waals surface area contributed by atoms with Crippen LogP contribution in [0.1, 0.15) is 33.4 Å². The highest BCUT2D eigenvalue weighted by atomic mass is 19.1. The zero-order valence-corrected chi connectivity index (χ0v) is 21.1. The number of halogens is 1. The Hall–Kier alpha value is -4.14. The standard InChI is InChI=1S/C28H29FN4O4/c1-31-26(18-7-6-10-30-17-18)25(19-15-23(36-2)24(37-3)16-20(19)27(31)34)28(35)33-13-11-32(12-14-33)22-9-5-4-8-21(22)29/h4-10,15-17,25-26H,11-14H2,1-3H3/t25-,26+/m1/s1. The van der Waals surface area contributed by atoms with Crippen molar-refractivity contribution >= 4 is 17.5 Å². The molecular weight excluding hydrogens is 475 g/mol. The number of methoxy groups -OCH3 is 2. The number of rotatable bonds is 5. The van der Waals surface area contributed by atoms with Crippen molar-refractivity contribution in [2.24, 2.45) is 0 Å². The van der Waals surface area contributed by atoms with Gasteiger partial charge in [-0.1, -0.05) is 18.2 Å². The van der Waals surface area contributed by atoms with E-state index >= 15 is 0 Å². The predicted octanol–water partition coefficient (Wildman–Crippen LogP) is 3.50. The molecule has 2 aromatic carbocycles. The number of carbonyl (C=O) groups excluding carboxylic acids is 2. The van der Waals surface area contributed by atoms with Gasteiger partial charge in [-0.15, -0.1) is 0 Å². The van der Waals surface area contributed by atoms with E-state index in [1.165, 1.54) is 20.3 Å². The summed E-state index contributed by atoms with van der Waals surface area (Å²) in [4.78, 5) is 37.3. The van der Waals surface area contributed by atoms with Crippen LogP contribution in [0.2, 0.25) is 0 Å². The van der Waals surface area contributed by atoms with Crippen LogP contribution < -0.4 is 14.4 Å². The van der Waals surface area contributed by atoms with Gasteiger partial charge < -0.3 is 24.2 Å². The molecule has 9 heteroatoms. The van der Waals surface area contributed by atoms with E-state index in [1.54, 1.807) is 59.6 Å². The lowest BCUT2D eigenvalue weighted by Gasteiger charge is -2.43. The van der Waals surface area contributed by atoms with E-state index < -0.39 is 12.0 Å². The van der Waals surface area contributed by atoms with E-state index in [-0.39, 0.29) is 17.6 Å². The monoisotopic (exact) mass is 504 g/mol. The molecule has 2 amide bonds. The number of amides is 2. The van der Waals surface area contributed by atoms with Gasteiger partial charge in [-0.3, -0.25) is 14.6 Å². The molecule has 0 spiro atoms. The van der Waals surface area contributed by atoms with Crippen molar-refractivity contribution in [3.63, 3.8) is 0 Å². The van der Waals surface area contributed by atoms with Crippen molar-refractivity contribution in [2.45, 2.75) is 12.0 Å². The molecule has 1 aromatic heterocycles. The summed E-state index contributed by atoms with van der Waals surface area (Å²) in [6.45, 7) is 1.88. The minimum atomic E-state index is -0.679. The minimum absolute atomic E-state index is 0.102. The molecule has 2 atom stereocenters. The molecule has 0 bridgehead atoms. The van der Waals surface area contributed by atoms with Crippen LogP contribution in [0.25, 0.3) is 0 Å². The van der Waals surface area contributed by atoms with Crippen molar-refractivity contribution in [3.8, 4) is 11.5 Å². The lowest BCUT2D eigenvalue weighted by atomic mass is 9.79. The second-order valence-electron chi connectivity index (χ2n) is 9.18. The Morgan fingerprint density at radius 1 is 1.00 bits per heavy atom. The number of aromatic nitrogens is 1. The normalized spacial score (nSPS) is 19.5. The molecule has 0 unspecified atom stereocenters. The van der Waals surface area contributed by atoms with Gasteiger partial charge in [-0.25, -0.2) is 4.39 Å². The molecule has 5 rings (SSSR count). The lowest BCUT2D eigenvalue weighted by molar-refractivity contribution is -0.134. The highest BCUT2D eigenvalue weighted by molar-refractivity contribution is 6.02. The van der Waals surface area contributed by atoms with Gasteiger partial charge in [0.2, 0.25) is 5.91 Å². The molecular formula is C28H29FN4O4. The highest BCUT2D eigenvalue weighted by Crippen LogP contribution is 2.46. The summed E-state index contributed by atoms with van der Waals surface area (Å²) in [7, 11) is 4.74. The Labute approximate surface area is 215 Å². The summed E-state index contributed by atoms with van der Waals surface area (Å²) >= 11 is 0. The highest BCUT2D eigenvalue weighted by Gasteiger charge is 2.45. The maximum Gasteiger partial charge on any atom is 0.254 e. The fraction of sp³-hybridized carbons (Fsp3) is 0.321. The number of hydrogen-bond acceptors (Lipinski definition) is 6. The van der Waals surface area contributed by atoms with Gasteiger partial charge in [0.1, 0.15) is 5.82 Å². The molecule has 0 radical (unpaired) electrons. The van der Waals surface area contributed by atoms with E-state index in [4.69, 9.17) is 9.47 Å². The second-order valence-corrected chi connectivity index (χ2v) is 9.18. The maximum atomic E-state index is 14.4. The lowest BCUT2D eigenvalue weighted by Crippen LogP contribution is -2.53. The van der Waals surface area contributed by atoms with Crippen LogP contribution in [0.4, 0.5) is 10.1 Å². The number of carbonyl (C=O) groups is 2. The Kier molecular flexibility index (Phi) is 6.69. The van der Waals surface area contributed by atoms with Gasteiger partial charge in [0, 0.05) is 51.2 Å². The number of benzene rings is 2. The second kappa shape index (κ2) is 10.1. The summed E-state index contributed by atoms with van der Waals surface area (Å²) < 4.78 is 25.3. The number of piperazine rings is 1. The fourth-order valence-corrected chi connectivity index (χ4v) is 5.35. The third kappa shape index (κ3) is 4.34. The van der Waals surface area contributed by atoms with Crippen molar-refractivity contribution in [3.05, 3.63) is 83.4 Å². The van der Waals surface area contributed by atoms with Gasteiger partial charge in [-0.05, 0) is 41.5 Å². The van der Waals surface area contributed by atoms with Gasteiger partial charge in [0.25, 0.3) is 5.91 Å². The third-order valence-corrected chi connectivity index (χ3v) is 7.25. The Bertz CT molecular complexity index is 1310. The minimum Gasteiger partial charge on any atom is -0.493 e. The van der Waals surface area contributed by atoms with Crippen molar-refractivity contribution in [2.75, 3.05) is 52.3 Å². The first-order chi connectivity index (χ1) is 17.9. The third-order valence-electron chi connectivity index (χ3n) is 7.25. The fourth-order valence-electron chi connectivity index (χ4n) is 5.35. The molecule has 1 fully saturated rings. The van der Waals surface area contributed by atoms with Gasteiger partial charge in [0.15, 0.2) is 11.5 Å². The number of para-hydroxylation sites is 1. The number of pyridine rings is 1. The molecule has 0 aliphatic carbocycles. The zero-order valence-electron chi connectivity index (χ0n) is 21.1. The molecule has 192 valence electrons. The van der Waals surface area contributed by atoms with E-state index in [1.807, 2.05) is 17.0 Å². The van der Waals surface area contributed by atoms with Crippen LogP contribution in [0, 0.1) is 5.82 Å². The summed E-state index contributed by atoms with van der Waals surface area (Å²) in [6, 6.07) is 13.2. The van der Waals surface area contributed by atoms with Crippen LogP contribution in [-0.2, 0) is 4.79 Å². The van der Waals surface area contributed by atoms with Crippen molar-refractivity contribution in [1.82, 2.24) is 14.8 Å². The summed E-state index contributed by atoms with van der Waals surface area (Å²) in [5.74, 6) is -0.394. The Morgan fingerprint density at radius 3 is 2.35 bits per heavy atom. The van der Waals surface area contributed by atoms with E-state index in [2.05, 4.69) is 4.98 Å². The predicted molar refractivity (Wildman–Crippen MR) is 137 cm³/mol. The van der Waals surface area contributed by atoms with Crippen LogP contribution >= 0.6 is 0 Å². The number of anilines is 1. The number of likely N-dealkylation sites (N-methyl/N-ethyl adjacent to an activating group) is 1. The molecule has 3 aromatic rings. The van der Waals surface area contributed by atoms with E-state index in [0.717, 1.165) is 5.56 Å². The first kappa shape index (κ1) is 24.5. The van der Waals surface area contributed by atoms with Crippen molar-refractivity contribution in [1.29, 1.82) is 0 Å². The maximum absolute atomic E-state index is 14.4. The molecule has 0 saturated carbocycles.